The summed E-state index contributed by atoms with van der Waals surface area (Å²) in [7, 11) is 0. The van der Waals surface area contributed by atoms with Gasteiger partial charge >= 0.3 is 5.97 Å². The second kappa shape index (κ2) is 8.87. The first-order valence-corrected chi connectivity index (χ1v) is 9.57. The third kappa shape index (κ3) is 4.55. The molecule has 0 aromatic heterocycles. The van der Waals surface area contributed by atoms with Crippen LogP contribution in [0.25, 0.3) is 0 Å². The molecule has 3 amide bonds. The summed E-state index contributed by atoms with van der Waals surface area (Å²) in [4.78, 5) is 48.2. The van der Waals surface area contributed by atoms with Gasteiger partial charge in [0, 0.05) is 18.5 Å². The molecule has 156 valence electrons. The number of nitrogens with one attached hydrogen (secondary N) is 3. The highest BCUT2D eigenvalue weighted by molar-refractivity contribution is 6.00. The molecule has 0 saturated carbocycles. The third-order valence-corrected chi connectivity index (χ3v) is 5.18. The maximum Gasteiger partial charge on any atom is 0.333 e. The lowest BCUT2D eigenvalue weighted by Crippen LogP contribution is -2.51. The van der Waals surface area contributed by atoms with E-state index in [-0.39, 0.29) is 18.9 Å². The van der Waals surface area contributed by atoms with Crippen LogP contribution in [0.15, 0.2) is 54.6 Å². The van der Waals surface area contributed by atoms with Gasteiger partial charge in [-0.3, -0.25) is 19.7 Å². The van der Waals surface area contributed by atoms with Gasteiger partial charge in [0.25, 0.3) is 5.91 Å². The average Bonchev–Trinajstić information content (AvgIpc) is 2.73. The van der Waals surface area contributed by atoms with Crippen molar-refractivity contribution < 1.29 is 24.3 Å². The van der Waals surface area contributed by atoms with Gasteiger partial charge in [0.05, 0.1) is 6.04 Å². The highest BCUT2D eigenvalue weighted by Crippen LogP contribution is 2.22. The standard InChI is InChI=1S/C22H23N3O5/c1-22(21(29)30,15-8-3-2-4-9-15)25-19(27)16-10-6-5-7-14(16)13-23-17-11-12-18(26)24-20(17)28/h2-10,17,23H,11-13H2,1H3,(H,25,27)(H,29,30)(H,24,26,28)/t17-,22-/m0/s1. The molecule has 0 radical (unpaired) electrons. The molecule has 4 N–H and O–H groups in total. The Bertz CT molecular complexity index is 976. The van der Waals surface area contributed by atoms with Crippen LogP contribution in [0.2, 0.25) is 0 Å². The van der Waals surface area contributed by atoms with E-state index >= 15 is 0 Å². The third-order valence-electron chi connectivity index (χ3n) is 5.18. The highest BCUT2D eigenvalue weighted by Gasteiger charge is 2.37. The van der Waals surface area contributed by atoms with Gasteiger partial charge in [-0.2, -0.15) is 0 Å². The molecule has 1 saturated heterocycles. The molecule has 0 spiro atoms. The average molecular weight is 409 g/mol. The van der Waals surface area contributed by atoms with E-state index in [1.165, 1.54) is 6.92 Å². The topological polar surface area (TPSA) is 125 Å². The molecule has 3 rings (SSSR count). The first-order chi connectivity index (χ1) is 14.3. The molecular formula is C22H23N3O5. The number of aliphatic carboxylic acids is 1. The number of carbonyl (C=O) groups is 4. The Morgan fingerprint density at radius 1 is 1.10 bits per heavy atom. The van der Waals surface area contributed by atoms with Crippen molar-refractivity contribution in [2.75, 3.05) is 0 Å². The van der Waals surface area contributed by atoms with Gasteiger partial charge in [-0.25, -0.2) is 4.79 Å². The van der Waals surface area contributed by atoms with Gasteiger partial charge in [0.2, 0.25) is 11.8 Å². The van der Waals surface area contributed by atoms with E-state index in [1.807, 2.05) is 0 Å². The van der Waals surface area contributed by atoms with E-state index in [9.17, 15) is 24.3 Å². The molecule has 2 atom stereocenters. The second-order valence-corrected chi connectivity index (χ2v) is 7.29. The molecule has 0 aliphatic carbocycles. The molecule has 2 aromatic rings. The van der Waals surface area contributed by atoms with Crippen molar-refractivity contribution in [1.29, 1.82) is 0 Å². The monoisotopic (exact) mass is 409 g/mol. The quantitative estimate of drug-likeness (QED) is 0.511. The van der Waals surface area contributed by atoms with E-state index in [1.54, 1.807) is 54.6 Å². The first kappa shape index (κ1) is 21.2. The summed E-state index contributed by atoms with van der Waals surface area (Å²) in [6.45, 7) is 1.65. The largest absolute Gasteiger partial charge is 0.479 e. The number of carboxylic acids is 1. The van der Waals surface area contributed by atoms with Gasteiger partial charge in [-0.1, -0.05) is 48.5 Å². The summed E-state index contributed by atoms with van der Waals surface area (Å²) < 4.78 is 0. The van der Waals surface area contributed by atoms with E-state index in [0.29, 0.717) is 23.1 Å². The molecule has 1 fully saturated rings. The Hall–Kier alpha value is -3.52. The molecule has 1 heterocycles. The van der Waals surface area contributed by atoms with Gasteiger partial charge in [-0.05, 0) is 30.5 Å². The van der Waals surface area contributed by atoms with Crippen LogP contribution in [0.4, 0.5) is 0 Å². The van der Waals surface area contributed by atoms with Crippen LogP contribution in [0.3, 0.4) is 0 Å². The predicted molar refractivity (Wildman–Crippen MR) is 108 cm³/mol. The molecule has 30 heavy (non-hydrogen) atoms. The molecule has 0 unspecified atom stereocenters. The van der Waals surface area contributed by atoms with Gasteiger partial charge in [0.1, 0.15) is 0 Å². The Kier molecular flexibility index (Phi) is 6.27. The Morgan fingerprint density at radius 2 is 1.77 bits per heavy atom. The fraction of sp³-hybridized carbons (Fsp3) is 0.273. The molecular weight excluding hydrogens is 386 g/mol. The van der Waals surface area contributed by atoms with Gasteiger partial charge in [0.15, 0.2) is 5.54 Å². The minimum absolute atomic E-state index is 0.213. The maximum atomic E-state index is 13.0. The molecule has 2 aromatic carbocycles. The molecule has 8 heteroatoms. The minimum atomic E-state index is -1.61. The van der Waals surface area contributed by atoms with Crippen LogP contribution >= 0.6 is 0 Å². The van der Waals surface area contributed by atoms with E-state index in [4.69, 9.17) is 0 Å². The summed E-state index contributed by atoms with van der Waals surface area (Å²) in [5, 5.41) is 17.7. The van der Waals surface area contributed by atoms with Crippen LogP contribution in [0.1, 0.15) is 41.3 Å². The van der Waals surface area contributed by atoms with Crippen molar-refractivity contribution in [3.63, 3.8) is 0 Å². The number of hydrogen-bond donors (Lipinski definition) is 4. The van der Waals surface area contributed by atoms with Crippen molar-refractivity contribution in [2.45, 2.75) is 37.9 Å². The van der Waals surface area contributed by atoms with Crippen LogP contribution in [0.5, 0.6) is 0 Å². The van der Waals surface area contributed by atoms with E-state index in [0.717, 1.165) is 0 Å². The summed E-state index contributed by atoms with van der Waals surface area (Å²) in [5.41, 5.74) is -0.242. The Labute approximate surface area is 173 Å². The zero-order valence-electron chi connectivity index (χ0n) is 16.5. The molecule has 8 nitrogen and oxygen atoms in total. The molecule has 1 aliphatic heterocycles. The van der Waals surface area contributed by atoms with Gasteiger partial charge < -0.3 is 15.7 Å². The van der Waals surface area contributed by atoms with Crippen molar-refractivity contribution in [3.05, 3.63) is 71.3 Å². The second-order valence-electron chi connectivity index (χ2n) is 7.29. The molecule has 0 bridgehead atoms. The summed E-state index contributed by atoms with van der Waals surface area (Å²) in [6.07, 6.45) is 0.629. The fourth-order valence-corrected chi connectivity index (χ4v) is 3.33. The van der Waals surface area contributed by atoms with Crippen molar-refractivity contribution in [3.8, 4) is 0 Å². The van der Waals surface area contributed by atoms with Crippen LogP contribution in [-0.4, -0.2) is 34.8 Å². The SMILES string of the molecule is C[C@@](NC(=O)c1ccccc1CN[C@H]1CCC(=O)NC1=O)(C(=O)O)c1ccccc1. The van der Waals surface area contributed by atoms with Crippen molar-refractivity contribution in [2.24, 2.45) is 0 Å². The predicted octanol–water partition coefficient (Wildman–Crippen LogP) is 1.31. The minimum Gasteiger partial charge on any atom is -0.479 e. The highest BCUT2D eigenvalue weighted by atomic mass is 16.4. The number of hydrogen-bond acceptors (Lipinski definition) is 5. The smallest absolute Gasteiger partial charge is 0.333 e. The molecule has 1 aliphatic rings. The number of amides is 3. The number of carbonyl (C=O) groups excluding carboxylic acids is 3. The maximum absolute atomic E-state index is 13.0. The first-order valence-electron chi connectivity index (χ1n) is 9.57. The Morgan fingerprint density at radius 3 is 2.43 bits per heavy atom. The number of rotatable bonds is 7. The van der Waals surface area contributed by atoms with Gasteiger partial charge in [-0.15, -0.1) is 0 Å². The zero-order valence-corrected chi connectivity index (χ0v) is 16.5. The van der Waals surface area contributed by atoms with E-state index < -0.39 is 29.4 Å². The van der Waals surface area contributed by atoms with E-state index in [2.05, 4.69) is 16.0 Å². The Balaban J connectivity index is 1.77. The van der Waals surface area contributed by atoms with Crippen molar-refractivity contribution in [1.82, 2.24) is 16.0 Å². The lowest BCUT2D eigenvalue weighted by molar-refractivity contribution is -0.144. The lowest BCUT2D eigenvalue weighted by atomic mass is 9.91. The summed E-state index contributed by atoms with van der Waals surface area (Å²) in [5.74, 6) is -2.41. The zero-order chi connectivity index (χ0) is 21.7. The van der Waals surface area contributed by atoms with Crippen LogP contribution in [-0.2, 0) is 26.5 Å². The van der Waals surface area contributed by atoms with Crippen LogP contribution in [0, 0.1) is 0 Å². The lowest BCUT2D eigenvalue weighted by Gasteiger charge is -2.27. The number of imide groups is 1. The fourth-order valence-electron chi connectivity index (χ4n) is 3.33. The van der Waals surface area contributed by atoms with Crippen LogP contribution < -0.4 is 16.0 Å². The summed E-state index contributed by atoms with van der Waals surface area (Å²) >= 11 is 0. The number of carboxylic acid groups (broad SMARTS) is 1. The normalized spacial score (nSPS) is 18.2. The summed E-state index contributed by atoms with van der Waals surface area (Å²) in [6, 6.07) is 14.7. The number of piperidine rings is 1. The number of benzene rings is 2. The van der Waals surface area contributed by atoms with Crippen molar-refractivity contribution >= 4 is 23.7 Å².